The second-order valence-corrected chi connectivity index (χ2v) is 6.44. The van der Waals surface area contributed by atoms with Crippen molar-refractivity contribution in [3.8, 4) is 0 Å². The Hall–Kier alpha value is -1.65. The fourth-order valence-electron chi connectivity index (χ4n) is 1.09. The van der Waals surface area contributed by atoms with Gasteiger partial charge in [0.2, 0.25) is 5.13 Å². The highest BCUT2D eigenvalue weighted by atomic mass is 32.2. The topological polar surface area (TPSA) is 93.2 Å². The maximum absolute atomic E-state index is 11.6. The van der Waals surface area contributed by atoms with Crippen LogP contribution in [0.15, 0.2) is 21.9 Å². The largest absolute Gasteiger partial charge is 0.468 e. The molecule has 0 radical (unpaired) electrons. The molecule has 0 fully saturated rings. The van der Waals surface area contributed by atoms with Gasteiger partial charge in [-0.15, -0.1) is 21.5 Å². The van der Waals surface area contributed by atoms with E-state index in [-0.39, 0.29) is 17.8 Å². The zero-order valence-electron chi connectivity index (χ0n) is 10.3. The lowest BCUT2D eigenvalue weighted by Gasteiger charge is -2.01. The molecule has 0 unspecified atom stereocenters. The molecule has 0 aliphatic heterocycles. The molecule has 0 spiro atoms. The first-order valence-electron chi connectivity index (χ1n) is 5.32. The first-order chi connectivity index (χ1) is 9.67. The van der Waals surface area contributed by atoms with E-state index in [1.807, 2.05) is 11.4 Å². The maximum atomic E-state index is 11.6. The fraction of sp³-hybridized carbons (Fsp3) is 0.200. The lowest BCUT2D eigenvalue weighted by Crippen LogP contribution is -2.18. The molecule has 7 nitrogen and oxygen atoms in total. The van der Waals surface area contributed by atoms with E-state index in [2.05, 4.69) is 25.6 Å². The van der Waals surface area contributed by atoms with E-state index in [1.54, 1.807) is 6.07 Å². The van der Waals surface area contributed by atoms with Crippen molar-refractivity contribution in [2.75, 3.05) is 23.5 Å². The SMILES string of the molecule is COC(=O)CSc1nnc(NC(=O)Nc2cccs2)s1. The number of ether oxygens (including phenoxy) is 1. The van der Waals surface area contributed by atoms with Gasteiger partial charge in [0.05, 0.1) is 17.9 Å². The molecule has 2 aromatic heterocycles. The molecule has 2 heterocycles. The molecule has 2 amide bonds. The number of anilines is 2. The standard InChI is InChI=1S/C10H10N4O3S3/c1-17-7(15)5-19-10-14-13-9(20-10)12-8(16)11-6-3-2-4-18-6/h2-4H,5H2,1H3,(H2,11,12,13,16). The highest BCUT2D eigenvalue weighted by molar-refractivity contribution is 8.01. The van der Waals surface area contributed by atoms with Crippen LogP contribution in [0.2, 0.25) is 0 Å². The number of rotatable bonds is 5. The molecular formula is C10H10N4O3S3. The minimum Gasteiger partial charge on any atom is -0.468 e. The van der Waals surface area contributed by atoms with Crippen molar-refractivity contribution in [2.24, 2.45) is 0 Å². The Morgan fingerprint density at radius 2 is 2.25 bits per heavy atom. The van der Waals surface area contributed by atoms with Crippen LogP contribution in [0.1, 0.15) is 0 Å². The maximum Gasteiger partial charge on any atom is 0.326 e. The predicted molar refractivity (Wildman–Crippen MR) is 79.6 cm³/mol. The summed E-state index contributed by atoms with van der Waals surface area (Å²) in [5, 5.41) is 15.9. The summed E-state index contributed by atoms with van der Waals surface area (Å²) in [5.74, 6) is -0.179. The van der Waals surface area contributed by atoms with E-state index in [0.717, 1.165) is 5.00 Å². The highest BCUT2D eigenvalue weighted by Crippen LogP contribution is 2.25. The zero-order chi connectivity index (χ0) is 14.4. The monoisotopic (exact) mass is 330 g/mol. The smallest absolute Gasteiger partial charge is 0.326 e. The van der Waals surface area contributed by atoms with E-state index in [9.17, 15) is 9.59 Å². The second-order valence-electron chi connectivity index (χ2n) is 3.29. The molecule has 2 rings (SSSR count). The molecule has 10 heteroatoms. The van der Waals surface area contributed by atoms with Crippen LogP contribution in [0.25, 0.3) is 0 Å². The number of hydrogen-bond acceptors (Lipinski definition) is 8. The van der Waals surface area contributed by atoms with Crippen LogP contribution in [0.3, 0.4) is 0 Å². The van der Waals surface area contributed by atoms with Gasteiger partial charge in [-0.05, 0) is 17.5 Å². The van der Waals surface area contributed by atoms with Crippen LogP contribution >= 0.6 is 34.4 Å². The Morgan fingerprint density at radius 3 is 2.95 bits per heavy atom. The quantitative estimate of drug-likeness (QED) is 0.497. The Bertz CT molecular complexity index is 584. The van der Waals surface area contributed by atoms with Gasteiger partial charge in [0, 0.05) is 0 Å². The van der Waals surface area contributed by atoms with Gasteiger partial charge in [0.15, 0.2) is 4.34 Å². The van der Waals surface area contributed by atoms with Crippen molar-refractivity contribution in [2.45, 2.75) is 4.34 Å². The van der Waals surface area contributed by atoms with Crippen LogP contribution in [0, 0.1) is 0 Å². The average molecular weight is 330 g/mol. The minimum absolute atomic E-state index is 0.159. The summed E-state index contributed by atoms with van der Waals surface area (Å²) in [6, 6.07) is 3.25. The normalized spacial score (nSPS) is 10.1. The number of esters is 1. The van der Waals surface area contributed by atoms with Crippen molar-refractivity contribution in [1.29, 1.82) is 0 Å². The Labute approximate surface area is 126 Å². The van der Waals surface area contributed by atoms with Gasteiger partial charge >= 0.3 is 12.0 Å². The number of hydrogen-bond donors (Lipinski definition) is 2. The second kappa shape index (κ2) is 7.22. The van der Waals surface area contributed by atoms with E-state index in [0.29, 0.717) is 9.47 Å². The van der Waals surface area contributed by atoms with E-state index < -0.39 is 0 Å². The Balaban J connectivity index is 1.83. The molecule has 0 bridgehead atoms. The van der Waals surface area contributed by atoms with Crippen LogP contribution in [-0.2, 0) is 9.53 Å². The van der Waals surface area contributed by atoms with Gasteiger partial charge in [-0.1, -0.05) is 23.1 Å². The molecule has 0 aromatic carbocycles. The Morgan fingerprint density at radius 1 is 1.40 bits per heavy atom. The number of methoxy groups -OCH3 is 1. The van der Waals surface area contributed by atoms with Gasteiger partial charge < -0.3 is 4.74 Å². The molecule has 0 aliphatic rings. The van der Waals surface area contributed by atoms with Gasteiger partial charge in [-0.2, -0.15) is 0 Å². The number of nitrogens with zero attached hydrogens (tertiary/aromatic N) is 2. The predicted octanol–water partition coefficient (Wildman–Crippen LogP) is 2.51. The van der Waals surface area contributed by atoms with Crippen molar-refractivity contribution < 1.29 is 14.3 Å². The summed E-state index contributed by atoms with van der Waals surface area (Å²) in [7, 11) is 1.32. The zero-order valence-corrected chi connectivity index (χ0v) is 12.7. The number of urea groups is 1. The van der Waals surface area contributed by atoms with Crippen LogP contribution < -0.4 is 10.6 Å². The molecular weight excluding hydrogens is 320 g/mol. The van der Waals surface area contributed by atoms with Crippen molar-refractivity contribution in [1.82, 2.24) is 10.2 Å². The first-order valence-corrected chi connectivity index (χ1v) is 8.00. The summed E-state index contributed by atoms with van der Waals surface area (Å²) < 4.78 is 5.11. The van der Waals surface area contributed by atoms with E-state index >= 15 is 0 Å². The average Bonchev–Trinajstić information content (AvgIpc) is 3.07. The number of aromatic nitrogens is 2. The molecule has 0 aliphatic carbocycles. The molecule has 2 aromatic rings. The molecule has 106 valence electrons. The lowest BCUT2D eigenvalue weighted by atomic mass is 10.6. The molecule has 2 N–H and O–H groups in total. The van der Waals surface area contributed by atoms with Gasteiger partial charge in [0.25, 0.3) is 0 Å². The Kier molecular flexibility index (Phi) is 5.32. The van der Waals surface area contributed by atoms with Gasteiger partial charge in [-0.25, -0.2) is 4.79 Å². The minimum atomic E-state index is -0.381. The summed E-state index contributed by atoms with van der Waals surface area (Å²) in [5.41, 5.74) is 0. The van der Waals surface area contributed by atoms with Crippen molar-refractivity contribution >= 4 is 56.6 Å². The van der Waals surface area contributed by atoms with Crippen LogP contribution in [0.4, 0.5) is 14.9 Å². The number of carbonyl (C=O) groups is 2. The molecule has 0 atom stereocenters. The third-order valence-corrected chi connectivity index (χ3v) is 4.66. The third kappa shape index (κ3) is 4.47. The summed E-state index contributed by atoms with van der Waals surface area (Å²) in [6.45, 7) is 0. The number of thiophene rings is 1. The summed E-state index contributed by atoms with van der Waals surface area (Å²) in [4.78, 5) is 22.6. The fourth-order valence-corrected chi connectivity index (χ4v) is 3.28. The first kappa shape index (κ1) is 14.8. The number of amides is 2. The molecule has 20 heavy (non-hydrogen) atoms. The van der Waals surface area contributed by atoms with Crippen molar-refractivity contribution in [3.63, 3.8) is 0 Å². The van der Waals surface area contributed by atoms with Crippen LogP contribution in [0.5, 0.6) is 0 Å². The van der Waals surface area contributed by atoms with Gasteiger partial charge in [0.1, 0.15) is 0 Å². The van der Waals surface area contributed by atoms with E-state index in [4.69, 9.17) is 0 Å². The third-order valence-electron chi connectivity index (χ3n) is 1.93. The van der Waals surface area contributed by atoms with Gasteiger partial charge in [-0.3, -0.25) is 15.4 Å². The summed E-state index contributed by atoms with van der Waals surface area (Å²) >= 11 is 3.82. The summed E-state index contributed by atoms with van der Waals surface area (Å²) in [6.07, 6.45) is 0. The number of carbonyl (C=O) groups excluding carboxylic acids is 2. The lowest BCUT2D eigenvalue weighted by molar-refractivity contribution is -0.137. The number of nitrogens with one attached hydrogen (secondary N) is 2. The number of thioether (sulfide) groups is 1. The van der Waals surface area contributed by atoms with Crippen molar-refractivity contribution in [3.05, 3.63) is 17.5 Å². The van der Waals surface area contributed by atoms with E-state index in [1.165, 1.54) is 41.5 Å². The van der Waals surface area contributed by atoms with Crippen LogP contribution in [-0.4, -0.2) is 35.1 Å². The highest BCUT2D eigenvalue weighted by Gasteiger charge is 2.10. The molecule has 0 saturated carbocycles. The molecule has 0 saturated heterocycles.